The highest BCUT2D eigenvalue weighted by molar-refractivity contribution is 6.74. The molecule has 1 heterocycles. The lowest BCUT2D eigenvalue weighted by Gasteiger charge is -2.45. The van der Waals surface area contributed by atoms with E-state index in [0.29, 0.717) is 19.3 Å². The molecule has 300 valence electrons. The van der Waals surface area contributed by atoms with Gasteiger partial charge in [0, 0.05) is 26.2 Å². The van der Waals surface area contributed by atoms with E-state index in [1.807, 2.05) is 6.92 Å². The van der Waals surface area contributed by atoms with Gasteiger partial charge in [0.25, 0.3) is 0 Å². The first kappa shape index (κ1) is 47.5. The zero-order chi connectivity index (χ0) is 38.1. The average Bonchev–Trinajstić information content (AvgIpc) is 3.05. The fourth-order valence-electron chi connectivity index (χ4n) is 6.13. The van der Waals surface area contributed by atoms with Crippen LogP contribution in [0.1, 0.15) is 183 Å². The van der Waals surface area contributed by atoms with Crippen molar-refractivity contribution in [3.05, 3.63) is 0 Å². The van der Waals surface area contributed by atoms with Crippen LogP contribution in [0.3, 0.4) is 0 Å². The zero-order valence-corrected chi connectivity index (χ0v) is 35.3. The van der Waals surface area contributed by atoms with Crippen LogP contribution in [0.15, 0.2) is 0 Å². The Kier molecular flexibility index (Phi) is 25.3. The quantitative estimate of drug-likeness (QED) is 0.0320. The second-order valence-corrected chi connectivity index (χ2v) is 21.0. The van der Waals surface area contributed by atoms with Crippen molar-refractivity contribution in [3.63, 3.8) is 0 Å². The maximum atomic E-state index is 12.9. The summed E-state index contributed by atoms with van der Waals surface area (Å²) in [6.07, 6.45) is 19.2. The Morgan fingerprint density at radius 1 is 0.725 bits per heavy atom. The molecule has 0 aromatic heterocycles. The van der Waals surface area contributed by atoms with Gasteiger partial charge in [0.05, 0.1) is 18.8 Å². The molecule has 1 fully saturated rings. The Balaban J connectivity index is 2.74. The molecule has 51 heavy (non-hydrogen) atoms. The number of carbonyl (C=O) groups is 3. The fraction of sp³-hybridized carbons (Fsp3) is 0.927. The SMILES string of the molecule is CCCCCCCCCCCC(=O)OCC(COC1C[C@H](O[Si](C)(C)C(C)(C)C)[C@@H](OC(C)=O)[C@H](C)O1)OC(=O)CCCCCCCCCCC. The number of hydrogen-bond acceptors (Lipinski definition) is 9. The van der Waals surface area contributed by atoms with E-state index in [0.717, 1.165) is 38.5 Å². The lowest BCUT2D eigenvalue weighted by Crippen LogP contribution is -2.56. The number of ether oxygens (including phenoxy) is 5. The highest BCUT2D eigenvalue weighted by Gasteiger charge is 2.46. The van der Waals surface area contributed by atoms with E-state index in [1.54, 1.807) is 0 Å². The molecular weight excluding hydrogens is 665 g/mol. The lowest BCUT2D eigenvalue weighted by molar-refractivity contribution is -0.255. The second kappa shape index (κ2) is 27.1. The summed E-state index contributed by atoms with van der Waals surface area (Å²) in [5.74, 6) is -0.983. The van der Waals surface area contributed by atoms with Crippen molar-refractivity contribution in [2.45, 2.75) is 232 Å². The highest BCUT2D eigenvalue weighted by atomic mass is 28.4. The van der Waals surface area contributed by atoms with Crippen molar-refractivity contribution in [2.24, 2.45) is 0 Å². The van der Waals surface area contributed by atoms with Gasteiger partial charge in [0.2, 0.25) is 0 Å². The third-order valence-corrected chi connectivity index (χ3v) is 14.8. The van der Waals surface area contributed by atoms with Gasteiger partial charge >= 0.3 is 17.9 Å². The highest BCUT2D eigenvalue weighted by Crippen LogP contribution is 2.40. The Bertz CT molecular complexity index is 935. The maximum absolute atomic E-state index is 12.9. The summed E-state index contributed by atoms with van der Waals surface area (Å²) in [5, 5.41) is -0.0439. The lowest BCUT2D eigenvalue weighted by atomic mass is 10.0. The molecule has 1 aliphatic heterocycles. The van der Waals surface area contributed by atoms with Crippen LogP contribution in [0.2, 0.25) is 18.1 Å². The van der Waals surface area contributed by atoms with E-state index in [1.165, 1.54) is 84.0 Å². The van der Waals surface area contributed by atoms with E-state index in [2.05, 4.69) is 47.7 Å². The first-order chi connectivity index (χ1) is 24.2. The number of rotatable bonds is 29. The molecule has 0 amide bonds. The van der Waals surface area contributed by atoms with Crippen molar-refractivity contribution in [1.29, 1.82) is 0 Å². The van der Waals surface area contributed by atoms with Gasteiger partial charge in [-0.25, -0.2) is 0 Å². The summed E-state index contributed by atoms with van der Waals surface area (Å²) in [4.78, 5) is 37.5. The van der Waals surface area contributed by atoms with Gasteiger partial charge in [-0.05, 0) is 37.9 Å². The normalized spacial score (nSPS) is 20.2. The Morgan fingerprint density at radius 2 is 1.20 bits per heavy atom. The Hall–Kier alpha value is -1.49. The van der Waals surface area contributed by atoms with E-state index < -0.39 is 39.0 Å². The van der Waals surface area contributed by atoms with Crippen molar-refractivity contribution in [2.75, 3.05) is 13.2 Å². The van der Waals surface area contributed by atoms with Crippen LogP contribution in [0.4, 0.5) is 0 Å². The fourth-order valence-corrected chi connectivity index (χ4v) is 7.47. The van der Waals surface area contributed by atoms with Gasteiger partial charge in [-0.2, -0.15) is 0 Å². The van der Waals surface area contributed by atoms with Gasteiger partial charge in [0.15, 0.2) is 26.8 Å². The van der Waals surface area contributed by atoms with Crippen molar-refractivity contribution < 1.29 is 42.5 Å². The molecule has 1 saturated heterocycles. The van der Waals surface area contributed by atoms with Gasteiger partial charge in [0.1, 0.15) is 6.61 Å². The number of esters is 3. The summed E-state index contributed by atoms with van der Waals surface area (Å²) in [7, 11) is -2.22. The molecule has 0 bridgehead atoms. The molecule has 1 aliphatic rings. The van der Waals surface area contributed by atoms with Crippen LogP contribution < -0.4 is 0 Å². The predicted octanol–water partition coefficient (Wildman–Crippen LogP) is 10.8. The largest absolute Gasteiger partial charge is 0.462 e. The molecular formula is C41H78O9Si. The second-order valence-electron chi connectivity index (χ2n) is 16.3. The zero-order valence-electron chi connectivity index (χ0n) is 34.3. The topological polar surface area (TPSA) is 107 Å². The van der Waals surface area contributed by atoms with Gasteiger partial charge in [-0.1, -0.05) is 137 Å². The van der Waals surface area contributed by atoms with E-state index in [4.69, 9.17) is 28.1 Å². The molecule has 0 spiro atoms. The van der Waals surface area contributed by atoms with E-state index >= 15 is 0 Å². The third kappa shape index (κ3) is 22.4. The van der Waals surface area contributed by atoms with Crippen LogP contribution in [0, 0.1) is 0 Å². The van der Waals surface area contributed by atoms with Gasteiger partial charge in [-0.15, -0.1) is 0 Å². The molecule has 1 rings (SSSR count). The number of carbonyl (C=O) groups excluding carboxylic acids is 3. The number of hydrogen-bond donors (Lipinski definition) is 0. The summed E-state index contributed by atoms with van der Waals surface area (Å²) < 4.78 is 36.2. The molecule has 0 radical (unpaired) electrons. The van der Waals surface area contributed by atoms with E-state index in [-0.39, 0.29) is 36.2 Å². The molecule has 2 unspecified atom stereocenters. The minimum absolute atomic E-state index is 0.0112. The number of unbranched alkanes of at least 4 members (excludes halogenated alkanes) is 16. The monoisotopic (exact) mass is 743 g/mol. The first-order valence-corrected chi connectivity index (χ1v) is 23.6. The summed E-state index contributed by atoms with van der Waals surface area (Å²) in [6.45, 7) is 18.5. The summed E-state index contributed by atoms with van der Waals surface area (Å²) >= 11 is 0. The van der Waals surface area contributed by atoms with Crippen LogP contribution in [0.25, 0.3) is 0 Å². The van der Waals surface area contributed by atoms with Crippen LogP contribution in [0.5, 0.6) is 0 Å². The third-order valence-electron chi connectivity index (χ3n) is 10.3. The van der Waals surface area contributed by atoms with Crippen LogP contribution >= 0.6 is 0 Å². The van der Waals surface area contributed by atoms with Crippen LogP contribution in [-0.4, -0.2) is 70.1 Å². The average molecular weight is 743 g/mol. The molecule has 0 aromatic carbocycles. The predicted molar refractivity (Wildman–Crippen MR) is 207 cm³/mol. The van der Waals surface area contributed by atoms with Crippen molar-refractivity contribution in [3.8, 4) is 0 Å². The molecule has 10 heteroatoms. The molecule has 5 atom stereocenters. The minimum atomic E-state index is -2.22. The smallest absolute Gasteiger partial charge is 0.306 e. The van der Waals surface area contributed by atoms with E-state index in [9.17, 15) is 14.4 Å². The molecule has 0 aliphatic carbocycles. The van der Waals surface area contributed by atoms with Crippen molar-refractivity contribution >= 4 is 26.2 Å². The Labute approximate surface area is 313 Å². The first-order valence-electron chi connectivity index (χ1n) is 20.7. The van der Waals surface area contributed by atoms with Gasteiger partial charge < -0.3 is 28.1 Å². The summed E-state index contributed by atoms with van der Waals surface area (Å²) in [6, 6.07) is 0. The van der Waals surface area contributed by atoms with Gasteiger partial charge in [-0.3, -0.25) is 14.4 Å². The minimum Gasteiger partial charge on any atom is -0.462 e. The molecule has 0 N–H and O–H groups in total. The standard InChI is InChI=1S/C41H78O9Si/c1-10-12-14-16-18-20-22-24-26-28-37(43)45-31-35(49-38(44)29-27-25-23-21-19-17-15-13-11-2)32-46-39-30-36(50-51(8,9)41(5,6)7)40(33(3)47-39)48-34(4)42/h33,35-36,39-40H,10-32H2,1-9H3/t33-,35?,36-,39?,40-/m0/s1. The molecule has 0 aromatic rings. The van der Waals surface area contributed by atoms with Crippen molar-refractivity contribution in [1.82, 2.24) is 0 Å². The molecule has 0 saturated carbocycles. The Morgan fingerprint density at radius 3 is 1.67 bits per heavy atom. The summed E-state index contributed by atoms with van der Waals surface area (Å²) in [5.41, 5.74) is 0. The molecule has 9 nitrogen and oxygen atoms in total. The maximum Gasteiger partial charge on any atom is 0.306 e. The van der Waals surface area contributed by atoms with Crippen LogP contribution in [-0.2, 0) is 42.5 Å².